The van der Waals surface area contributed by atoms with Gasteiger partial charge in [-0.2, -0.15) is 0 Å². The molecule has 0 radical (unpaired) electrons. The van der Waals surface area contributed by atoms with E-state index in [9.17, 15) is 5.11 Å². The molecule has 0 bridgehead atoms. The van der Waals surface area contributed by atoms with Crippen LogP contribution in [0.1, 0.15) is 0 Å². The highest BCUT2D eigenvalue weighted by atomic mass is 16.5. The molecule has 17 heavy (non-hydrogen) atoms. The van der Waals surface area contributed by atoms with Crippen LogP contribution >= 0.6 is 0 Å². The fourth-order valence-electron chi connectivity index (χ4n) is 2.19. The predicted octanol–water partition coefficient (Wildman–Crippen LogP) is 0.807. The van der Waals surface area contributed by atoms with Crippen LogP contribution in [0.2, 0.25) is 0 Å². The molecule has 4 heteroatoms. The van der Waals surface area contributed by atoms with Crippen LogP contribution < -0.4 is 15.5 Å². The molecule has 86 valence electrons. The third-order valence-electron chi connectivity index (χ3n) is 2.94. The lowest BCUT2D eigenvalue weighted by atomic mass is 10.1. The Morgan fingerprint density at radius 3 is 2.41 bits per heavy atom. The highest BCUT2D eigenvalue weighted by molar-refractivity contribution is 5.90. The second kappa shape index (κ2) is 3.73. The highest BCUT2D eigenvalue weighted by Crippen LogP contribution is 2.29. The van der Waals surface area contributed by atoms with Crippen LogP contribution in [0.3, 0.4) is 0 Å². The second-order valence-electron chi connectivity index (χ2n) is 3.89. The van der Waals surface area contributed by atoms with Gasteiger partial charge in [0.1, 0.15) is 5.36 Å². The summed E-state index contributed by atoms with van der Waals surface area (Å²) in [5.41, 5.74) is 0. The van der Waals surface area contributed by atoms with Crippen molar-refractivity contribution < 1.29 is 9.84 Å². The monoisotopic (exact) mass is 228 g/mol. The van der Waals surface area contributed by atoms with Gasteiger partial charge in [-0.15, -0.1) is 0 Å². The molecule has 0 aliphatic carbocycles. The van der Waals surface area contributed by atoms with E-state index in [0.29, 0.717) is 24.2 Å². The van der Waals surface area contributed by atoms with Crippen molar-refractivity contribution in [3.05, 3.63) is 35.0 Å². The van der Waals surface area contributed by atoms with Gasteiger partial charge in [0.25, 0.3) is 0 Å². The van der Waals surface area contributed by atoms with Gasteiger partial charge >= 0.3 is 0 Å². The summed E-state index contributed by atoms with van der Waals surface area (Å²) in [6, 6.07) is 7.61. The van der Waals surface area contributed by atoms with E-state index < -0.39 is 0 Å². The first kappa shape index (κ1) is 10.1. The van der Waals surface area contributed by atoms with Crippen molar-refractivity contribution in [2.45, 2.75) is 0 Å². The summed E-state index contributed by atoms with van der Waals surface area (Å²) >= 11 is 0. The number of hydrogen-bond donors (Lipinski definition) is 1. The average Bonchev–Trinajstić information content (AvgIpc) is 2.40. The van der Waals surface area contributed by atoms with Crippen molar-refractivity contribution in [2.24, 2.45) is 9.98 Å². The van der Waals surface area contributed by atoms with E-state index in [1.165, 1.54) is 7.11 Å². The lowest BCUT2D eigenvalue weighted by molar-refractivity contribution is 0.370. The minimum absolute atomic E-state index is 0.141. The lowest BCUT2D eigenvalue weighted by Gasteiger charge is -2.10. The molecule has 2 aromatic carbocycles. The molecular formula is C13H12N2O2. The third kappa shape index (κ3) is 1.37. The summed E-state index contributed by atoms with van der Waals surface area (Å²) in [6.45, 7) is 1.33. The second-order valence-corrected chi connectivity index (χ2v) is 3.89. The fourth-order valence-corrected chi connectivity index (χ4v) is 2.19. The quantitative estimate of drug-likeness (QED) is 0.785. The Bertz CT molecular complexity index is 707. The largest absolute Gasteiger partial charge is 0.504 e. The first-order valence-corrected chi connectivity index (χ1v) is 5.49. The Morgan fingerprint density at radius 1 is 1.06 bits per heavy atom. The number of hydrogen-bond acceptors (Lipinski definition) is 4. The number of methoxy groups -OCH3 is 1. The van der Waals surface area contributed by atoms with Crippen molar-refractivity contribution in [3.8, 4) is 11.5 Å². The predicted molar refractivity (Wildman–Crippen MR) is 64.2 cm³/mol. The van der Waals surface area contributed by atoms with Gasteiger partial charge in [0, 0.05) is 10.8 Å². The van der Waals surface area contributed by atoms with Gasteiger partial charge in [0.15, 0.2) is 11.5 Å². The number of phenols is 1. The van der Waals surface area contributed by atoms with Crippen LogP contribution in [-0.4, -0.2) is 25.3 Å². The molecule has 0 amide bonds. The van der Waals surface area contributed by atoms with E-state index in [1.807, 2.05) is 24.3 Å². The van der Waals surface area contributed by atoms with Gasteiger partial charge in [-0.25, -0.2) is 0 Å². The fraction of sp³-hybridized carbons (Fsp3) is 0.231. The molecule has 1 N–H and O–H groups in total. The van der Waals surface area contributed by atoms with Crippen molar-refractivity contribution in [3.63, 3.8) is 0 Å². The molecule has 2 aromatic rings. The Labute approximate surface area is 97.9 Å². The number of phenolic OH excluding ortho intramolecular Hbond substituents is 1. The van der Waals surface area contributed by atoms with E-state index in [4.69, 9.17) is 4.74 Å². The molecule has 0 spiro atoms. The van der Waals surface area contributed by atoms with Gasteiger partial charge in [-0.1, -0.05) is 24.3 Å². The van der Waals surface area contributed by atoms with E-state index in [2.05, 4.69) is 9.98 Å². The number of fused-ring (bicyclic) bond motifs is 3. The SMILES string of the molecule is COc1c(O)c2ccccc2c2c1=NCCN=2. The maximum absolute atomic E-state index is 10.2. The lowest BCUT2D eigenvalue weighted by Crippen LogP contribution is -2.32. The van der Waals surface area contributed by atoms with Crippen molar-refractivity contribution in [1.29, 1.82) is 0 Å². The zero-order chi connectivity index (χ0) is 11.8. The summed E-state index contributed by atoms with van der Waals surface area (Å²) in [4.78, 5) is 8.88. The van der Waals surface area contributed by atoms with Crippen LogP contribution in [0.25, 0.3) is 10.8 Å². The number of rotatable bonds is 1. The molecule has 0 fully saturated rings. The molecule has 0 atom stereocenters. The zero-order valence-electron chi connectivity index (χ0n) is 9.47. The van der Waals surface area contributed by atoms with Crippen LogP contribution in [0.5, 0.6) is 11.5 Å². The molecule has 0 unspecified atom stereocenters. The maximum atomic E-state index is 10.2. The molecule has 0 saturated carbocycles. The number of nitrogens with zero attached hydrogens (tertiary/aromatic N) is 2. The molecular weight excluding hydrogens is 216 g/mol. The van der Waals surface area contributed by atoms with E-state index >= 15 is 0 Å². The maximum Gasteiger partial charge on any atom is 0.188 e. The van der Waals surface area contributed by atoms with Crippen molar-refractivity contribution >= 4 is 10.8 Å². The molecule has 1 heterocycles. The zero-order valence-corrected chi connectivity index (χ0v) is 9.47. The average molecular weight is 228 g/mol. The topological polar surface area (TPSA) is 54.2 Å². The third-order valence-corrected chi connectivity index (χ3v) is 2.94. The van der Waals surface area contributed by atoms with E-state index in [0.717, 1.165) is 16.1 Å². The van der Waals surface area contributed by atoms with Gasteiger partial charge in [0.2, 0.25) is 0 Å². The molecule has 4 nitrogen and oxygen atoms in total. The van der Waals surface area contributed by atoms with Crippen LogP contribution in [0.15, 0.2) is 34.3 Å². The van der Waals surface area contributed by atoms with Crippen LogP contribution in [-0.2, 0) is 0 Å². The van der Waals surface area contributed by atoms with Crippen molar-refractivity contribution in [1.82, 2.24) is 0 Å². The highest BCUT2D eigenvalue weighted by Gasteiger charge is 2.14. The van der Waals surface area contributed by atoms with Crippen LogP contribution in [0.4, 0.5) is 0 Å². The Kier molecular flexibility index (Phi) is 2.21. The van der Waals surface area contributed by atoms with Crippen LogP contribution in [0, 0.1) is 0 Å². The Balaban J connectivity index is 2.63. The van der Waals surface area contributed by atoms with Gasteiger partial charge in [0.05, 0.1) is 25.6 Å². The summed E-state index contributed by atoms with van der Waals surface area (Å²) in [7, 11) is 1.54. The number of ether oxygens (including phenoxy) is 1. The van der Waals surface area contributed by atoms with Crippen molar-refractivity contribution in [2.75, 3.05) is 20.2 Å². The van der Waals surface area contributed by atoms with E-state index in [1.54, 1.807) is 0 Å². The summed E-state index contributed by atoms with van der Waals surface area (Å²) < 4.78 is 5.25. The Morgan fingerprint density at radius 2 is 1.71 bits per heavy atom. The molecule has 1 aliphatic rings. The molecule has 0 saturated heterocycles. The van der Waals surface area contributed by atoms with Gasteiger partial charge < -0.3 is 9.84 Å². The normalized spacial score (nSPS) is 13.7. The van der Waals surface area contributed by atoms with Gasteiger partial charge in [-0.05, 0) is 0 Å². The smallest absolute Gasteiger partial charge is 0.188 e. The first-order chi connectivity index (χ1) is 8.33. The number of aromatic hydroxyl groups is 1. The Hall–Kier alpha value is -2.10. The summed E-state index contributed by atoms with van der Waals surface area (Å²) in [6.07, 6.45) is 0. The molecule has 1 aliphatic heterocycles. The first-order valence-electron chi connectivity index (χ1n) is 5.49. The van der Waals surface area contributed by atoms with Gasteiger partial charge in [-0.3, -0.25) is 9.98 Å². The summed E-state index contributed by atoms with van der Waals surface area (Å²) in [5.74, 6) is 0.560. The number of benzene rings is 2. The minimum Gasteiger partial charge on any atom is -0.504 e. The minimum atomic E-state index is 0.141. The molecule has 3 rings (SSSR count). The standard InChI is InChI=1S/C13H12N2O2/c1-17-13-11-10(14-6-7-15-11)8-4-2-3-5-9(8)12(13)16/h2-5,16H,6-7H2,1H3. The summed E-state index contributed by atoms with van der Waals surface area (Å²) in [5, 5.41) is 13.3. The van der Waals surface area contributed by atoms with E-state index in [-0.39, 0.29) is 5.75 Å². The molecule has 0 aromatic heterocycles.